The fourth-order valence-corrected chi connectivity index (χ4v) is 1.04. The molecule has 0 fully saturated rings. The molecule has 62 valence electrons. The van der Waals surface area contributed by atoms with Crippen LogP contribution in [0.5, 0.6) is 0 Å². The van der Waals surface area contributed by atoms with Crippen molar-refractivity contribution >= 4 is 18.0 Å². The number of allylic oxidation sites excluding steroid dienone is 1. The van der Waals surface area contributed by atoms with Crippen molar-refractivity contribution in [3.8, 4) is 0 Å². The van der Waals surface area contributed by atoms with Crippen LogP contribution < -0.4 is 5.43 Å². The summed E-state index contributed by atoms with van der Waals surface area (Å²) in [7, 11) is 0. The van der Waals surface area contributed by atoms with Gasteiger partial charge in [0, 0.05) is 23.3 Å². The third kappa shape index (κ3) is 1.76. The number of rotatable bonds is 0. The minimum atomic E-state index is 0. The Balaban J connectivity index is 0.000000720. The van der Waals surface area contributed by atoms with Gasteiger partial charge in [-0.3, -0.25) is 5.43 Å². The summed E-state index contributed by atoms with van der Waals surface area (Å²) < 4.78 is 0. The second-order valence-corrected chi connectivity index (χ2v) is 2.34. The second-order valence-electron chi connectivity index (χ2n) is 2.34. The van der Waals surface area contributed by atoms with Crippen molar-refractivity contribution in [3.05, 3.63) is 35.9 Å². The van der Waals surface area contributed by atoms with Gasteiger partial charge < -0.3 is 0 Å². The minimum absolute atomic E-state index is 0. The smallest absolute Gasteiger partial charge is 0.0634 e. The van der Waals surface area contributed by atoms with Crippen molar-refractivity contribution in [1.29, 1.82) is 0 Å². The van der Waals surface area contributed by atoms with Crippen LogP contribution in [0.1, 0.15) is 5.56 Å². The van der Waals surface area contributed by atoms with E-state index in [9.17, 15) is 0 Å². The van der Waals surface area contributed by atoms with Gasteiger partial charge >= 0.3 is 0 Å². The molecule has 0 amide bonds. The van der Waals surface area contributed by atoms with Gasteiger partial charge in [-0.1, -0.05) is 24.3 Å². The van der Waals surface area contributed by atoms with Crippen molar-refractivity contribution < 1.29 is 17.1 Å². The summed E-state index contributed by atoms with van der Waals surface area (Å²) in [6.07, 6.45) is 5.68. The van der Waals surface area contributed by atoms with Gasteiger partial charge in [0.1, 0.15) is 0 Å². The molecule has 1 aromatic rings. The third-order valence-corrected chi connectivity index (χ3v) is 1.58. The van der Waals surface area contributed by atoms with E-state index in [2.05, 4.69) is 10.5 Å². The molecule has 1 heterocycles. The van der Waals surface area contributed by atoms with Crippen LogP contribution in [0.25, 0.3) is 6.08 Å². The van der Waals surface area contributed by atoms with E-state index in [-0.39, 0.29) is 17.1 Å². The second kappa shape index (κ2) is 4.10. The Morgan fingerprint density at radius 1 is 1.17 bits per heavy atom. The fourth-order valence-electron chi connectivity index (χ4n) is 1.04. The summed E-state index contributed by atoms with van der Waals surface area (Å²) in [4.78, 5) is 0. The van der Waals surface area contributed by atoms with E-state index in [0.29, 0.717) is 0 Å². The first-order valence-electron chi connectivity index (χ1n) is 3.51. The molecule has 0 spiro atoms. The van der Waals surface area contributed by atoms with Crippen LogP contribution in [-0.2, 0) is 17.1 Å². The molecule has 1 aliphatic heterocycles. The van der Waals surface area contributed by atoms with Crippen LogP contribution in [0.3, 0.4) is 0 Å². The van der Waals surface area contributed by atoms with Crippen molar-refractivity contribution in [2.75, 3.05) is 5.43 Å². The molecule has 0 aliphatic carbocycles. The summed E-state index contributed by atoms with van der Waals surface area (Å²) in [5.41, 5.74) is 5.16. The van der Waals surface area contributed by atoms with Crippen LogP contribution in [0.2, 0.25) is 0 Å². The molecule has 0 radical (unpaired) electrons. The Labute approximate surface area is 81.8 Å². The topological polar surface area (TPSA) is 24.4 Å². The van der Waals surface area contributed by atoms with E-state index < -0.39 is 0 Å². The van der Waals surface area contributed by atoms with Crippen LogP contribution in [-0.4, -0.2) is 6.21 Å². The maximum absolute atomic E-state index is 3.95. The van der Waals surface area contributed by atoms with E-state index in [1.807, 2.05) is 36.4 Å². The number of hydrogen-bond acceptors (Lipinski definition) is 2. The van der Waals surface area contributed by atoms with Gasteiger partial charge in [0.2, 0.25) is 0 Å². The van der Waals surface area contributed by atoms with Gasteiger partial charge in [-0.25, -0.2) is 0 Å². The zero-order valence-corrected chi connectivity index (χ0v) is 7.45. The molecule has 0 saturated carbocycles. The van der Waals surface area contributed by atoms with E-state index >= 15 is 0 Å². The number of benzene rings is 1. The number of para-hydroxylation sites is 1. The molecular weight excluding hydrogens is 192 g/mol. The van der Waals surface area contributed by atoms with Gasteiger partial charge in [0.25, 0.3) is 0 Å². The van der Waals surface area contributed by atoms with E-state index in [1.54, 1.807) is 6.21 Å². The summed E-state index contributed by atoms with van der Waals surface area (Å²) in [5.74, 6) is 0. The molecule has 3 heteroatoms. The zero-order valence-electron chi connectivity index (χ0n) is 6.34. The first-order valence-corrected chi connectivity index (χ1v) is 3.51. The number of anilines is 1. The van der Waals surface area contributed by atoms with Gasteiger partial charge in [0.05, 0.1) is 5.69 Å². The zero-order chi connectivity index (χ0) is 7.52. The Morgan fingerprint density at radius 3 is 2.92 bits per heavy atom. The monoisotopic (exact) mass is 200 g/mol. The fraction of sp³-hybridized carbons (Fsp3) is 0. The predicted octanol–water partition coefficient (Wildman–Crippen LogP) is 2.11. The van der Waals surface area contributed by atoms with Crippen molar-refractivity contribution in [2.45, 2.75) is 0 Å². The maximum atomic E-state index is 3.95. The average Bonchev–Trinajstić information content (AvgIpc) is 2.28. The van der Waals surface area contributed by atoms with Gasteiger partial charge in [-0.15, -0.1) is 0 Å². The number of hydrazone groups is 1. The summed E-state index contributed by atoms with van der Waals surface area (Å²) >= 11 is 0. The van der Waals surface area contributed by atoms with Crippen molar-refractivity contribution in [2.24, 2.45) is 5.10 Å². The number of nitrogens with zero attached hydrogens (tertiary/aromatic N) is 1. The molecule has 2 nitrogen and oxygen atoms in total. The van der Waals surface area contributed by atoms with Crippen LogP contribution in [0.15, 0.2) is 35.4 Å². The number of hydrogen-bond donors (Lipinski definition) is 1. The SMILES string of the molecule is C1=Cc2ccccc2NN=C1.[Fe]. The molecule has 1 N–H and O–H groups in total. The van der Waals surface area contributed by atoms with Crippen LogP contribution >= 0.6 is 0 Å². The first kappa shape index (κ1) is 9.04. The molecule has 0 bridgehead atoms. The largest absolute Gasteiger partial charge is 0.278 e. The Bertz CT molecular complexity index is 318. The average molecular weight is 200 g/mol. The summed E-state index contributed by atoms with van der Waals surface area (Å²) in [5, 5.41) is 3.95. The molecule has 12 heavy (non-hydrogen) atoms. The van der Waals surface area contributed by atoms with E-state index in [0.717, 1.165) is 5.69 Å². The number of fused-ring (bicyclic) bond motifs is 1. The first-order chi connectivity index (χ1) is 5.47. The van der Waals surface area contributed by atoms with Crippen molar-refractivity contribution in [3.63, 3.8) is 0 Å². The van der Waals surface area contributed by atoms with Crippen molar-refractivity contribution in [1.82, 2.24) is 0 Å². The molecule has 1 aromatic carbocycles. The Morgan fingerprint density at radius 2 is 2.00 bits per heavy atom. The molecule has 1 aliphatic rings. The molecule has 0 unspecified atom stereocenters. The standard InChI is InChI=1S/C9H8N2.Fe/c1-2-6-9-8(4-1)5-3-7-10-11-9;/h1-7,11H;. The predicted molar refractivity (Wildman–Crippen MR) is 47.6 cm³/mol. The van der Waals surface area contributed by atoms with E-state index in [1.165, 1.54) is 5.56 Å². The summed E-state index contributed by atoms with van der Waals surface area (Å²) in [6, 6.07) is 8.05. The normalized spacial score (nSPS) is 12.3. The Hall–Kier alpha value is -1.05. The molecule has 0 aromatic heterocycles. The Kier molecular flexibility index (Phi) is 3.09. The minimum Gasteiger partial charge on any atom is -0.278 e. The maximum Gasteiger partial charge on any atom is 0.0634 e. The molecular formula is C9H8FeN2. The van der Waals surface area contributed by atoms with Crippen LogP contribution in [0.4, 0.5) is 5.69 Å². The third-order valence-electron chi connectivity index (χ3n) is 1.58. The summed E-state index contributed by atoms with van der Waals surface area (Å²) in [6.45, 7) is 0. The van der Waals surface area contributed by atoms with Gasteiger partial charge in [-0.2, -0.15) is 5.10 Å². The van der Waals surface area contributed by atoms with Gasteiger partial charge in [0.15, 0.2) is 0 Å². The van der Waals surface area contributed by atoms with Gasteiger partial charge in [-0.05, 0) is 17.7 Å². The number of nitrogens with one attached hydrogen (secondary N) is 1. The van der Waals surface area contributed by atoms with Crippen LogP contribution in [0, 0.1) is 0 Å². The van der Waals surface area contributed by atoms with E-state index in [4.69, 9.17) is 0 Å². The molecule has 0 saturated heterocycles. The quantitative estimate of drug-likeness (QED) is 0.637. The molecule has 0 atom stereocenters. The molecule has 2 rings (SSSR count).